The standard InChI is InChI=1S/C19H26N4O4/c1-7-23(8-2)17-11-14(20-12(3)21-17)19(24)22-13-9-15(25-4)18(27-6)16(10-13)26-5/h9-11H,7-8H2,1-6H3,(H,22,24). The highest BCUT2D eigenvalue weighted by atomic mass is 16.5. The highest BCUT2D eigenvalue weighted by Gasteiger charge is 2.17. The lowest BCUT2D eigenvalue weighted by molar-refractivity contribution is 0.102. The van der Waals surface area contributed by atoms with Gasteiger partial charge in [-0.05, 0) is 20.8 Å². The molecule has 0 radical (unpaired) electrons. The van der Waals surface area contributed by atoms with Crippen molar-refractivity contribution in [2.45, 2.75) is 20.8 Å². The van der Waals surface area contributed by atoms with E-state index in [2.05, 4.69) is 20.2 Å². The van der Waals surface area contributed by atoms with Gasteiger partial charge in [0.25, 0.3) is 5.91 Å². The number of hydrogen-bond acceptors (Lipinski definition) is 7. The van der Waals surface area contributed by atoms with Gasteiger partial charge in [-0.2, -0.15) is 0 Å². The SMILES string of the molecule is CCN(CC)c1cc(C(=O)Nc2cc(OC)c(OC)c(OC)c2)nc(C)n1. The molecule has 0 fully saturated rings. The van der Waals surface area contributed by atoms with Gasteiger partial charge < -0.3 is 24.4 Å². The second-order valence-corrected chi connectivity index (χ2v) is 5.70. The van der Waals surface area contributed by atoms with Crippen LogP contribution >= 0.6 is 0 Å². The van der Waals surface area contributed by atoms with Crippen molar-refractivity contribution in [3.8, 4) is 17.2 Å². The summed E-state index contributed by atoms with van der Waals surface area (Å²) in [6.45, 7) is 7.43. The maximum atomic E-state index is 12.7. The number of carbonyl (C=O) groups is 1. The predicted molar refractivity (Wildman–Crippen MR) is 104 cm³/mol. The van der Waals surface area contributed by atoms with E-state index in [9.17, 15) is 4.79 Å². The Bertz CT molecular complexity index is 781. The summed E-state index contributed by atoms with van der Waals surface area (Å²) < 4.78 is 15.9. The molecule has 8 heteroatoms. The minimum absolute atomic E-state index is 0.290. The summed E-state index contributed by atoms with van der Waals surface area (Å²) in [5.74, 6) is 2.28. The van der Waals surface area contributed by atoms with Gasteiger partial charge in [-0.15, -0.1) is 0 Å². The van der Waals surface area contributed by atoms with Gasteiger partial charge in [0.1, 0.15) is 17.3 Å². The van der Waals surface area contributed by atoms with Gasteiger partial charge in [0, 0.05) is 37.0 Å². The molecule has 0 aliphatic carbocycles. The summed E-state index contributed by atoms with van der Waals surface area (Å²) in [4.78, 5) is 23.5. The zero-order valence-corrected chi connectivity index (χ0v) is 16.6. The molecular weight excluding hydrogens is 348 g/mol. The third-order valence-corrected chi connectivity index (χ3v) is 4.07. The van der Waals surface area contributed by atoms with Crippen molar-refractivity contribution < 1.29 is 19.0 Å². The molecular formula is C19H26N4O4. The topological polar surface area (TPSA) is 85.8 Å². The Morgan fingerprint density at radius 3 is 2.07 bits per heavy atom. The van der Waals surface area contributed by atoms with Crippen LogP contribution in [0.1, 0.15) is 30.2 Å². The molecule has 0 saturated carbocycles. The number of aromatic nitrogens is 2. The zero-order chi connectivity index (χ0) is 20.0. The molecule has 0 spiro atoms. The van der Waals surface area contributed by atoms with Crippen molar-refractivity contribution in [2.24, 2.45) is 0 Å². The third kappa shape index (κ3) is 4.58. The normalized spacial score (nSPS) is 10.3. The maximum Gasteiger partial charge on any atom is 0.274 e. The number of anilines is 2. The van der Waals surface area contributed by atoms with Crippen molar-refractivity contribution >= 4 is 17.4 Å². The van der Waals surface area contributed by atoms with Crippen LogP contribution < -0.4 is 24.4 Å². The Kier molecular flexibility index (Phi) is 6.81. The smallest absolute Gasteiger partial charge is 0.274 e. The average Bonchev–Trinajstić information content (AvgIpc) is 2.67. The van der Waals surface area contributed by atoms with Crippen molar-refractivity contribution in [1.82, 2.24) is 9.97 Å². The Labute approximate surface area is 159 Å². The molecule has 1 amide bonds. The first-order valence-corrected chi connectivity index (χ1v) is 8.69. The van der Waals surface area contributed by atoms with Gasteiger partial charge in [-0.3, -0.25) is 4.79 Å². The van der Waals surface area contributed by atoms with Crippen LogP contribution in [0, 0.1) is 6.92 Å². The van der Waals surface area contributed by atoms with Gasteiger partial charge in [-0.1, -0.05) is 0 Å². The fraction of sp³-hybridized carbons (Fsp3) is 0.421. The van der Waals surface area contributed by atoms with Gasteiger partial charge in [-0.25, -0.2) is 9.97 Å². The van der Waals surface area contributed by atoms with Gasteiger partial charge in [0.05, 0.1) is 21.3 Å². The predicted octanol–water partition coefficient (Wildman–Crippen LogP) is 2.91. The lowest BCUT2D eigenvalue weighted by Crippen LogP contribution is -2.24. The van der Waals surface area contributed by atoms with E-state index in [1.807, 2.05) is 13.8 Å². The number of methoxy groups -OCH3 is 3. The second kappa shape index (κ2) is 9.07. The highest BCUT2D eigenvalue weighted by Crippen LogP contribution is 2.40. The summed E-state index contributed by atoms with van der Waals surface area (Å²) >= 11 is 0. The number of amides is 1. The number of benzene rings is 1. The number of rotatable bonds is 8. The van der Waals surface area contributed by atoms with E-state index < -0.39 is 0 Å². The number of carbonyl (C=O) groups excluding carboxylic acids is 1. The number of aryl methyl sites for hydroxylation is 1. The maximum absolute atomic E-state index is 12.7. The Hall–Kier alpha value is -3.03. The fourth-order valence-corrected chi connectivity index (χ4v) is 2.73. The van der Waals surface area contributed by atoms with Crippen LogP contribution in [0.4, 0.5) is 11.5 Å². The van der Waals surface area contributed by atoms with Gasteiger partial charge in [0.2, 0.25) is 5.75 Å². The van der Waals surface area contributed by atoms with Crippen LogP contribution in [0.25, 0.3) is 0 Å². The summed E-state index contributed by atoms with van der Waals surface area (Å²) in [5.41, 5.74) is 0.799. The minimum atomic E-state index is -0.344. The first-order chi connectivity index (χ1) is 13.0. The molecule has 1 N–H and O–H groups in total. The molecule has 1 aromatic carbocycles. The van der Waals surface area contributed by atoms with Crippen molar-refractivity contribution in [1.29, 1.82) is 0 Å². The molecule has 0 aliphatic heterocycles. The van der Waals surface area contributed by atoms with E-state index in [1.54, 1.807) is 25.1 Å². The largest absolute Gasteiger partial charge is 0.493 e. The quantitative estimate of drug-likeness (QED) is 0.760. The zero-order valence-electron chi connectivity index (χ0n) is 16.6. The third-order valence-electron chi connectivity index (χ3n) is 4.07. The number of nitrogens with one attached hydrogen (secondary N) is 1. The molecule has 0 saturated heterocycles. The summed E-state index contributed by atoms with van der Waals surface area (Å²) in [7, 11) is 4.57. The molecule has 2 aromatic rings. The molecule has 27 heavy (non-hydrogen) atoms. The van der Waals surface area contributed by atoms with E-state index in [1.165, 1.54) is 21.3 Å². The van der Waals surface area contributed by atoms with Gasteiger partial charge in [0.15, 0.2) is 11.5 Å². The Morgan fingerprint density at radius 1 is 1.00 bits per heavy atom. The Balaban J connectivity index is 2.35. The molecule has 8 nitrogen and oxygen atoms in total. The molecule has 1 aromatic heterocycles. The lowest BCUT2D eigenvalue weighted by atomic mass is 10.2. The van der Waals surface area contributed by atoms with Gasteiger partial charge >= 0.3 is 0 Å². The fourth-order valence-electron chi connectivity index (χ4n) is 2.73. The summed E-state index contributed by atoms with van der Waals surface area (Å²) in [5, 5.41) is 2.83. The lowest BCUT2D eigenvalue weighted by Gasteiger charge is -2.20. The summed E-state index contributed by atoms with van der Waals surface area (Å²) in [6, 6.07) is 5.02. The molecule has 0 atom stereocenters. The van der Waals surface area contributed by atoms with Crippen LogP contribution in [0.5, 0.6) is 17.2 Å². The van der Waals surface area contributed by atoms with Crippen molar-refractivity contribution in [3.63, 3.8) is 0 Å². The monoisotopic (exact) mass is 374 g/mol. The molecule has 0 unspecified atom stereocenters. The molecule has 0 bridgehead atoms. The minimum Gasteiger partial charge on any atom is -0.493 e. The number of hydrogen-bond donors (Lipinski definition) is 1. The van der Waals surface area contributed by atoms with E-state index in [0.717, 1.165) is 18.9 Å². The average molecular weight is 374 g/mol. The molecule has 2 rings (SSSR count). The van der Waals surface area contributed by atoms with Crippen molar-refractivity contribution in [3.05, 3.63) is 29.7 Å². The van der Waals surface area contributed by atoms with Crippen LogP contribution in [0.15, 0.2) is 18.2 Å². The molecule has 1 heterocycles. The number of nitrogens with zero attached hydrogens (tertiary/aromatic N) is 3. The highest BCUT2D eigenvalue weighted by molar-refractivity contribution is 6.03. The van der Waals surface area contributed by atoms with E-state index in [-0.39, 0.29) is 11.6 Å². The van der Waals surface area contributed by atoms with E-state index in [0.29, 0.717) is 28.8 Å². The second-order valence-electron chi connectivity index (χ2n) is 5.70. The first kappa shape index (κ1) is 20.3. The van der Waals surface area contributed by atoms with Crippen LogP contribution in [0.3, 0.4) is 0 Å². The van der Waals surface area contributed by atoms with Crippen LogP contribution in [-0.4, -0.2) is 50.3 Å². The van der Waals surface area contributed by atoms with E-state index in [4.69, 9.17) is 14.2 Å². The van der Waals surface area contributed by atoms with E-state index >= 15 is 0 Å². The summed E-state index contributed by atoms with van der Waals surface area (Å²) in [6.07, 6.45) is 0. The van der Waals surface area contributed by atoms with Crippen LogP contribution in [0.2, 0.25) is 0 Å². The number of ether oxygens (including phenoxy) is 3. The Morgan fingerprint density at radius 2 is 1.59 bits per heavy atom. The molecule has 0 aliphatic rings. The molecule has 146 valence electrons. The van der Waals surface area contributed by atoms with Crippen molar-refractivity contribution in [2.75, 3.05) is 44.6 Å². The van der Waals surface area contributed by atoms with Crippen LogP contribution in [-0.2, 0) is 0 Å². The first-order valence-electron chi connectivity index (χ1n) is 8.69.